The molecule has 0 saturated heterocycles. The van der Waals surface area contributed by atoms with Gasteiger partial charge in [0.1, 0.15) is 19.8 Å². The molecule has 0 heterocycles. The maximum Gasteiger partial charge on any atom is 0.472 e. The fraction of sp³-hybridized carbons (Fsp3) is 0.933. The van der Waals surface area contributed by atoms with Crippen LogP contribution in [0.25, 0.3) is 0 Å². The van der Waals surface area contributed by atoms with Crippen molar-refractivity contribution >= 4 is 19.8 Å². The lowest BCUT2D eigenvalue weighted by Gasteiger charge is -2.24. The molecule has 0 aromatic heterocycles. The minimum absolute atomic E-state index is 0.0363. The Labute approximate surface area is 435 Å². The van der Waals surface area contributed by atoms with Crippen molar-refractivity contribution in [3.63, 3.8) is 0 Å². The van der Waals surface area contributed by atoms with Crippen molar-refractivity contribution in [2.45, 2.75) is 315 Å². The van der Waals surface area contributed by atoms with E-state index < -0.39 is 26.5 Å². The lowest BCUT2D eigenvalue weighted by atomic mass is 10.0. The fourth-order valence-corrected chi connectivity index (χ4v) is 9.81. The predicted octanol–water partition coefficient (Wildman–Crippen LogP) is 18.8. The molecule has 416 valence electrons. The summed E-state index contributed by atoms with van der Waals surface area (Å²) in [5.74, 6) is -0.778. The van der Waals surface area contributed by atoms with E-state index in [4.69, 9.17) is 18.5 Å². The number of phosphoric acid groups is 1. The van der Waals surface area contributed by atoms with Gasteiger partial charge in [0, 0.05) is 12.8 Å². The van der Waals surface area contributed by atoms with Crippen molar-refractivity contribution in [2.75, 3.05) is 47.5 Å². The summed E-state index contributed by atoms with van der Waals surface area (Å²) in [5, 5.41) is 0. The molecular weight excluding hydrogens is 894 g/mol. The van der Waals surface area contributed by atoms with Gasteiger partial charge in [0.15, 0.2) is 6.10 Å². The third kappa shape index (κ3) is 56.1. The molecule has 10 heteroatoms. The van der Waals surface area contributed by atoms with Gasteiger partial charge in [-0.1, -0.05) is 270 Å². The quantitative estimate of drug-likeness (QED) is 0.0211. The van der Waals surface area contributed by atoms with E-state index in [2.05, 4.69) is 26.0 Å². The highest BCUT2D eigenvalue weighted by Crippen LogP contribution is 2.43. The molecule has 0 saturated carbocycles. The lowest BCUT2D eigenvalue weighted by molar-refractivity contribution is -0.870. The van der Waals surface area contributed by atoms with Gasteiger partial charge in [0.2, 0.25) is 0 Å². The molecular formula is C60H119NO8P+. The summed E-state index contributed by atoms with van der Waals surface area (Å²) in [6.07, 6.45) is 61.6. The highest BCUT2D eigenvalue weighted by atomic mass is 31.2. The van der Waals surface area contributed by atoms with E-state index in [0.717, 1.165) is 38.5 Å². The summed E-state index contributed by atoms with van der Waals surface area (Å²) < 4.78 is 34.5. The maximum absolute atomic E-state index is 12.8. The molecule has 0 aliphatic heterocycles. The topological polar surface area (TPSA) is 108 Å². The Balaban J connectivity index is 3.94. The molecule has 0 aromatic rings. The number of hydrogen-bond donors (Lipinski definition) is 1. The van der Waals surface area contributed by atoms with Gasteiger partial charge in [-0.2, -0.15) is 0 Å². The Morgan fingerprint density at radius 3 is 1.06 bits per heavy atom. The number of ether oxygens (including phenoxy) is 2. The summed E-state index contributed by atoms with van der Waals surface area (Å²) in [6.45, 7) is 4.48. The van der Waals surface area contributed by atoms with Crippen LogP contribution in [-0.4, -0.2) is 74.9 Å². The first kappa shape index (κ1) is 68.8. The second-order valence-corrected chi connectivity index (χ2v) is 23.6. The molecule has 0 aromatic carbocycles. The molecule has 2 atom stereocenters. The molecule has 0 aliphatic carbocycles. The number of phosphoric ester groups is 1. The number of rotatable bonds is 57. The van der Waals surface area contributed by atoms with Gasteiger partial charge in [-0.25, -0.2) is 4.57 Å². The SMILES string of the molecule is CCCCCCCCCC/C=C\CCCCCCCCCCCCCCCCCCCCCCCC(=O)OC(COC(=O)CCCCCCCCCCCCCCC)COP(=O)(O)OCC[N+](C)(C)C. The molecule has 0 bridgehead atoms. The summed E-state index contributed by atoms with van der Waals surface area (Å²) in [4.78, 5) is 35.6. The second-order valence-electron chi connectivity index (χ2n) is 22.1. The van der Waals surface area contributed by atoms with Gasteiger partial charge >= 0.3 is 19.8 Å². The minimum atomic E-state index is -4.38. The molecule has 0 fully saturated rings. The molecule has 0 spiro atoms. The Hall–Kier alpha value is -1.25. The minimum Gasteiger partial charge on any atom is -0.462 e. The lowest BCUT2D eigenvalue weighted by Crippen LogP contribution is -2.37. The van der Waals surface area contributed by atoms with Gasteiger partial charge in [-0.15, -0.1) is 0 Å². The molecule has 0 amide bonds. The molecule has 0 rings (SSSR count). The highest BCUT2D eigenvalue weighted by molar-refractivity contribution is 7.47. The zero-order chi connectivity index (χ0) is 51.3. The van der Waals surface area contributed by atoms with Gasteiger partial charge in [0.05, 0.1) is 27.7 Å². The van der Waals surface area contributed by atoms with E-state index >= 15 is 0 Å². The van der Waals surface area contributed by atoms with E-state index in [-0.39, 0.29) is 25.6 Å². The van der Waals surface area contributed by atoms with Crippen molar-refractivity contribution in [2.24, 2.45) is 0 Å². The third-order valence-electron chi connectivity index (χ3n) is 13.8. The first-order chi connectivity index (χ1) is 34.0. The van der Waals surface area contributed by atoms with Crippen LogP contribution in [0.4, 0.5) is 0 Å². The number of carbonyl (C=O) groups is 2. The van der Waals surface area contributed by atoms with Crippen LogP contribution in [0.1, 0.15) is 309 Å². The Morgan fingerprint density at radius 1 is 0.429 bits per heavy atom. The van der Waals surface area contributed by atoms with E-state index in [9.17, 15) is 19.0 Å². The molecule has 9 nitrogen and oxygen atoms in total. The van der Waals surface area contributed by atoms with Crippen molar-refractivity contribution in [1.82, 2.24) is 0 Å². The average molecular weight is 1010 g/mol. The maximum atomic E-state index is 12.8. The van der Waals surface area contributed by atoms with Crippen molar-refractivity contribution < 1.29 is 42.1 Å². The van der Waals surface area contributed by atoms with Crippen LogP contribution < -0.4 is 0 Å². The van der Waals surface area contributed by atoms with Gasteiger partial charge in [-0.3, -0.25) is 18.6 Å². The Morgan fingerprint density at radius 2 is 0.729 bits per heavy atom. The Bertz CT molecular complexity index is 1190. The summed E-state index contributed by atoms with van der Waals surface area (Å²) >= 11 is 0. The molecule has 70 heavy (non-hydrogen) atoms. The van der Waals surface area contributed by atoms with Gasteiger partial charge < -0.3 is 18.9 Å². The number of allylic oxidation sites excluding steroid dienone is 2. The zero-order valence-electron chi connectivity index (χ0n) is 47.3. The summed E-state index contributed by atoms with van der Waals surface area (Å²) in [6, 6.07) is 0. The van der Waals surface area contributed by atoms with Gasteiger partial charge in [-0.05, 0) is 38.5 Å². The summed E-state index contributed by atoms with van der Waals surface area (Å²) in [5.41, 5.74) is 0. The van der Waals surface area contributed by atoms with Crippen LogP contribution >= 0.6 is 7.82 Å². The number of likely N-dealkylation sites (N-methyl/N-ethyl adjacent to an activating group) is 1. The van der Waals surface area contributed by atoms with Crippen LogP contribution in [0.3, 0.4) is 0 Å². The number of quaternary nitrogens is 1. The number of unbranched alkanes of at least 4 members (excludes halogenated alkanes) is 41. The first-order valence-electron chi connectivity index (χ1n) is 30.4. The highest BCUT2D eigenvalue weighted by Gasteiger charge is 2.27. The van der Waals surface area contributed by atoms with Crippen molar-refractivity contribution in [1.29, 1.82) is 0 Å². The van der Waals surface area contributed by atoms with Crippen molar-refractivity contribution in [3.8, 4) is 0 Å². The number of hydrogen-bond acceptors (Lipinski definition) is 7. The number of carbonyl (C=O) groups excluding carboxylic acids is 2. The standard InChI is InChI=1S/C60H118NO8P/c1-6-8-10-12-14-16-18-20-21-22-23-24-25-26-27-28-29-30-31-32-33-34-35-36-37-38-39-41-43-45-47-49-51-53-60(63)69-58(57-68-70(64,65)67-55-54-61(3,4)5)56-66-59(62)52-50-48-46-44-42-40-19-17-15-13-11-9-7-2/h22-23,58H,6-21,24-57H2,1-5H3/p+1/b23-22-. The third-order valence-corrected chi connectivity index (χ3v) is 14.8. The largest absolute Gasteiger partial charge is 0.472 e. The fourth-order valence-electron chi connectivity index (χ4n) is 9.07. The average Bonchev–Trinajstić information content (AvgIpc) is 3.32. The summed E-state index contributed by atoms with van der Waals surface area (Å²) in [7, 11) is 1.50. The zero-order valence-corrected chi connectivity index (χ0v) is 48.2. The van der Waals surface area contributed by atoms with E-state index in [1.807, 2.05) is 21.1 Å². The van der Waals surface area contributed by atoms with E-state index in [1.165, 1.54) is 244 Å². The molecule has 0 radical (unpaired) electrons. The van der Waals surface area contributed by atoms with Crippen LogP contribution in [0.2, 0.25) is 0 Å². The number of esters is 2. The first-order valence-corrected chi connectivity index (χ1v) is 31.9. The van der Waals surface area contributed by atoms with Gasteiger partial charge in [0.25, 0.3) is 0 Å². The van der Waals surface area contributed by atoms with Crippen LogP contribution in [0.5, 0.6) is 0 Å². The number of nitrogens with zero attached hydrogens (tertiary/aromatic N) is 1. The van der Waals surface area contributed by atoms with Crippen molar-refractivity contribution in [3.05, 3.63) is 12.2 Å². The van der Waals surface area contributed by atoms with Crippen LogP contribution in [0.15, 0.2) is 12.2 Å². The van der Waals surface area contributed by atoms with E-state index in [1.54, 1.807) is 0 Å². The predicted molar refractivity (Wildman–Crippen MR) is 298 cm³/mol. The second kappa shape index (κ2) is 52.6. The Kier molecular flexibility index (Phi) is 51.7. The van der Waals surface area contributed by atoms with Crippen LogP contribution in [0, 0.1) is 0 Å². The molecule has 0 aliphatic rings. The van der Waals surface area contributed by atoms with Crippen LogP contribution in [-0.2, 0) is 32.7 Å². The van der Waals surface area contributed by atoms with E-state index in [0.29, 0.717) is 17.4 Å². The monoisotopic (exact) mass is 1010 g/mol. The molecule has 1 N–H and O–H groups in total. The normalized spacial score (nSPS) is 13.3. The smallest absolute Gasteiger partial charge is 0.462 e. The molecule has 2 unspecified atom stereocenters.